The van der Waals surface area contributed by atoms with Gasteiger partial charge in [-0.05, 0) is 46.2 Å². The zero-order valence-corrected chi connectivity index (χ0v) is 16.5. The van der Waals surface area contributed by atoms with Crippen molar-refractivity contribution in [1.29, 1.82) is 0 Å². The van der Waals surface area contributed by atoms with E-state index in [1.807, 2.05) is 33.0 Å². The van der Waals surface area contributed by atoms with Crippen molar-refractivity contribution in [1.82, 2.24) is 15.4 Å². The van der Waals surface area contributed by atoms with Crippen LogP contribution in [0.15, 0.2) is 33.8 Å². The van der Waals surface area contributed by atoms with Crippen LogP contribution in [0.2, 0.25) is 0 Å². The summed E-state index contributed by atoms with van der Waals surface area (Å²) in [5, 5.41) is 7.32. The van der Waals surface area contributed by atoms with Gasteiger partial charge in [0.2, 0.25) is 0 Å². The molecule has 0 aliphatic heterocycles. The zero-order valence-electron chi connectivity index (χ0n) is 16.5. The van der Waals surface area contributed by atoms with Crippen LogP contribution in [0.4, 0.5) is 0 Å². The number of rotatable bonds is 8. The molecule has 0 saturated carbocycles. The van der Waals surface area contributed by atoms with Gasteiger partial charge < -0.3 is 19.5 Å². The van der Waals surface area contributed by atoms with E-state index in [1.54, 1.807) is 0 Å². The largest absolute Gasteiger partial charge is 0.492 e. The minimum atomic E-state index is 0.605. The number of likely N-dealkylation sites (N-methyl/N-ethyl adjacent to an activating group) is 1. The van der Waals surface area contributed by atoms with Gasteiger partial charge in [-0.1, -0.05) is 22.9 Å². The molecule has 6 heteroatoms. The quantitative estimate of drug-likeness (QED) is 0.580. The molecule has 0 aliphatic rings. The van der Waals surface area contributed by atoms with Crippen molar-refractivity contribution >= 4 is 5.96 Å². The van der Waals surface area contributed by atoms with E-state index in [0.29, 0.717) is 13.2 Å². The lowest BCUT2D eigenvalue weighted by Gasteiger charge is -2.22. The number of nitrogens with zero attached hydrogens (tertiary/aromatic N) is 3. The number of nitrogens with one attached hydrogen (secondary N) is 1. The molecule has 26 heavy (non-hydrogen) atoms. The first-order chi connectivity index (χ1) is 12.5. The molecule has 0 radical (unpaired) electrons. The third kappa shape index (κ3) is 5.79. The molecule has 0 atom stereocenters. The predicted octanol–water partition coefficient (Wildman–Crippen LogP) is 3.12. The Kier molecular flexibility index (Phi) is 7.51. The Morgan fingerprint density at radius 3 is 2.58 bits per heavy atom. The number of hydrogen-bond donors (Lipinski definition) is 1. The third-order valence-corrected chi connectivity index (χ3v) is 4.22. The second-order valence-corrected chi connectivity index (χ2v) is 6.37. The fraction of sp³-hybridized carbons (Fsp3) is 0.500. The van der Waals surface area contributed by atoms with Gasteiger partial charge in [-0.2, -0.15) is 0 Å². The van der Waals surface area contributed by atoms with Crippen LogP contribution < -0.4 is 10.1 Å². The Labute approximate surface area is 156 Å². The highest BCUT2D eigenvalue weighted by molar-refractivity contribution is 5.79. The molecule has 0 spiro atoms. The van der Waals surface area contributed by atoms with Crippen molar-refractivity contribution in [2.24, 2.45) is 4.99 Å². The molecule has 1 aromatic carbocycles. The van der Waals surface area contributed by atoms with E-state index in [9.17, 15) is 0 Å². The molecule has 0 fully saturated rings. The van der Waals surface area contributed by atoms with Crippen molar-refractivity contribution in [3.8, 4) is 5.75 Å². The normalized spacial score (nSPS) is 11.5. The van der Waals surface area contributed by atoms with E-state index >= 15 is 0 Å². The molecule has 0 bridgehead atoms. The first-order valence-electron chi connectivity index (χ1n) is 9.12. The molecular formula is C20H30N4O2. The molecule has 0 unspecified atom stereocenters. The topological polar surface area (TPSA) is 62.9 Å². The van der Waals surface area contributed by atoms with Crippen molar-refractivity contribution in [2.75, 3.05) is 33.3 Å². The minimum absolute atomic E-state index is 0.605. The minimum Gasteiger partial charge on any atom is -0.492 e. The number of aryl methyl sites for hydroxylation is 3. The van der Waals surface area contributed by atoms with E-state index in [4.69, 9.17) is 14.3 Å². The number of aliphatic imine (C=N–C) groups is 1. The van der Waals surface area contributed by atoms with Crippen molar-refractivity contribution in [3.63, 3.8) is 0 Å². The van der Waals surface area contributed by atoms with Crippen LogP contribution >= 0.6 is 0 Å². The Morgan fingerprint density at radius 2 is 1.96 bits per heavy atom. The highest BCUT2D eigenvalue weighted by atomic mass is 16.5. The Balaban J connectivity index is 1.85. The van der Waals surface area contributed by atoms with Gasteiger partial charge in [0.25, 0.3) is 0 Å². The SMILES string of the molecule is CCNC(=NCCc1c(C)noc1C)N(C)CCOc1ccc(C)cc1. The molecule has 6 nitrogen and oxygen atoms in total. The number of benzene rings is 1. The molecular weight excluding hydrogens is 328 g/mol. The predicted molar refractivity (Wildman–Crippen MR) is 105 cm³/mol. The lowest BCUT2D eigenvalue weighted by Crippen LogP contribution is -2.41. The number of guanidine groups is 1. The van der Waals surface area contributed by atoms with E-state index in [0.717, 1.165) is 48.2 Å². The van der Waals surface area contributed by atoms with Crippen LogP contribution in [0.1, 0.15) is 29.5 Å². The Bertz CT molecular complexity index is 688. The smallest absolute Gasteiger partial charge is 0.193 e. The van der Waals surface area contributed by atoms with Gasteiger partial charge in [-0.3, -0.25) is 4.99 Å². The van der Waals surface area contributed by atoms with Crippen molar-refractivity contribution in [2.45, 2.75) is 34.1 Å². The number of ether oxygens (including phenoxy) is 1. The standard InChI is InChI=1S/C20H30N4O2/c1-6-21-20(22-12-11-19-16(3)23-26-17(19)4)24(5)13-14-25-18-9-7-15(2)8-10-18/h7-10H,6,11-14H2,1-5H3,(H,21,22). The van der Waals surface area contributed by atoms with E-state index in [-0.39, 0.29) is 0 Å². The van der Waals surface area contributed by atoms with Gasteiger partial charge in [0, 0.05) is 25.7 Å². The molecule has 0 saturated heterocycles. The summed E-state index contributed by atoms with van der Waals surface area (Å²) in [7, 11) is 2.02. The molecule has 0 aliphatic carbocycles. The van der Waals surface area contributed by atoms with E-state index < -0.39 is 0 Å². The third-order valence-electron chi connectivity index (χ3n) is 4.22. The summed E-state index contributed by atoms with van der Waals surface area (Å²) in [6, 6.07) is 8.11. The fourth-order valence-corrected chi connectivity index (χ4v) is 2.64. The van der Waals surface area contributed by atoms with Crippen LogP contribution in [0.5, 0.6) is 5.75 Å². The molecule has 2 rings (SSSR count). The summed E-state index contributed by atoms with van der Waals surface area (Å²) in [6.07, 6.45) is 0.823. The van der Waals surface area contributed by atoms with Gasteiger partial charge in [0.15, 0.2) is 5.96 Å². The summed E-state index contributed by atoms with van der Waals surface area (Å²) in [6.45, 7) is 10.9. The maximum Gasteiger partial charge on any atom is 0.193 e. The second kappa shape index (κ2) is 9.85. The van der Waals surface area contributed by atoms with Crippen LogP contribution in [0.3, 0.4) is 0 Å². The average Bonchev–Trinajstić information content (AvgIpc) is 2.94. The molecule has 142 valence electrons. The molecule has 2 aromatic rings. The van der Waals surface area contributed by atoms with E-state index in [1.165, 1.54) is 5.56 Å². The second-order valence-electron chi connectivity index (χ2n) is 6.37. The Hall–Kier alpha value is -2.50. The monoisotopic (exact) mass is 358 g/mol. The first-order valence-corrected chi connectivity index (χ1v) is 9.12. The fourth-order valence-electron chi connectivity index (χ4n) is 2.64. The Morgan fingerprint density at radius 1 is 1.23 bits per heavy atom. The summed E-state index contributed by atoms with van der Waals surface area (Å²) in [5.74, 6) is 2.65. The van der Waals surface area contributed by atoms with Crippen LogP contribution in [-0.2, 0) is 6.42 Å². The molecule has 1 N–H and O–H groups in total. The molecule has 0 amide bonds. The van der Waals surface area contributed by atoms with Gasteiger partial charge in [0.05, 0.1) is 12.2 Å². The van der Waals surface area contributed by atoms with Crippen LogP contribution in [0, 0.1) is 20.8 Å². The van der Waals surface area contributed by atoms with Gasteiger partial charge >= 0.3 is 0 Å². The maximum absolute atomic E-state index is 5.81. The highest BCUT2D eigenvalue weighted by Gasteiger charge is 2.09. The highest BCUT2D eigenvalue weighted by Crippen LogP contribution is 2.13. The summed E-state index contributed by atoms with van der Waals surface area (Å²) < 4.78 is 11.0. The van der Waals surface area contributed by atoms with Crippen molar-refractivity contribution < 1.29 is 9.26 Å². The first kappa shape index (κ1) is 19.8. The van der Waals surface area contributed by atoms with E-state index in [2.05, 4.69) is 41.4 Å². The number of aromatic nitrogens is 1. The van der Waals surface area contributed by atoms with Crippen LogP contribution in [0.25, 0.3) is 0 Å². The maximum atomic E-state index is 5.81. The zero-order chi connectivity index (χ0) is 18.9. The summed E-state index contributed by atoms with van der Waals surface area (Å²) >= 11 is 0. The van der Waals surface area contributed by atoms with Crippen molar-refractivity contribution in [3.05, 3.63) is 46.8 Å². The van der Waals surface area contributed by atoms with Gasteiger partial charge in [0.1, 0.15) is 18.1 Å². The average molecular weight is 358 g/mol. The molecule has 1 aromatic heterocycles. The van der Waals surface area contributed by atoms with Crippen LogP contribution in [-0.4, -0.2) is 49.3 Å². The lowest BCUT2D eigenvalue weighted by molar-refractivity contribution is 0.281. The summed E-state index contributed by atoms with van der Waals surface area (Å²) in [4.78, 5) is 6.80. The van der Waals surface area contributed by atoms with Gasteiger partial charge in [-0.15, -0.1) is 0 Å². The van der Waals surface area contributed by atoms with Gasteiger partial charge in [-0.25, -0.2) is 0 Å². The number of hydrogen-bond acceptors (Lipinski definition) is 4. The summed E-state index contributed by atoms with van der Waals surface area (Å²) in [5.41, 5.74) is 3.33. The molecule has 1 heterocycles. The lowest BCUT2D eigenvalue weighted by atomic mass is 10.1.